The van der Waals surface area contributed by atoms with Crippen LogP contribution in [0, 0.1) is 6.92 Å². The molecule has 2 N–H and O–H groups in total. The SMILES string of the molecule is CCNC(=NCc1ccc(C)cc1OC)NCC(C)(C)OC. The van der Waals surface area contributed by atoms with Crippen LogP contribution in [0.1, 0.15) is 31.9 Å². The van der Waals surface area contributed by atoms with Crippen molar-refractivity contribution in [2.45, 2.75) is 39.8 Å². The Balaban J connectivity index is 2.77. The molecule has 0 saturated carbocycles. The van der Waals surface area contributed by atoms with Crippen molar-refractivity contribution in [2.24, 2.45) is 4.99 Å². The number of hydrogen-bond donors (Lipinski definition) is 2. The van der Waals surface area contributed by atoms with Gasteiger partial charge >= 0.3 is 0 Å². The van der Waals surface area contributed by atoms with Crippen molar-refractivity contribution < 1.29 is 9.47 Å². The summed E-state index contributed by atoms with van der Waals surface area (Å²) in [5.41, 5.74) is 2.00. The Hall–Kier alpha value is -1.75. The van der Waals surface area contributed by atoms with Crippen LogP contribution in [0.4, 0.5) is 0 Å². The molecule has 0 aliphatic carbocycles. The van der Waals surface area contributed by atoms with E-state index in [0.717, 1.165) is 23.8 Å². The first-order valence-corrected chi connectivity index (χ1v) is 7.62. The molecular formula is C17H29N3O2. The summed E-state index contributed by atoms with van der Waals surface area (Å²) < 4.78 is 10.8. The number of nitrogens with zero attached hydrogens (tertiary/aromatic N) is 1. The second kappa shape index (κ2) is 8.63. The molecule has 0 spiro atoms. The molecule has 0 saturated heterocycles. The van der Waals surface area contributed by atoms with Crippen LogP contribution in [0.15, 0.2) is 23.2 Å². The molecule has 124 valence electrons. The molecule has 0 fully saturated rings. The topological polar surface area (TPSA) is 54.9 Å². The highest BCUT2D eigenvalue weighted by Gasteiger charge is 2.16. The van der Waals surface area contributed by atoms with E-state index in [1.165, 1.54) is 5.56 Å². The second-order valence-corrected chi connectivity index (χ2v) is 5.83. The summed E-state index contributed by atoms with van der Waals surface area (Å²) in [7, 11) is 3.40. The molecule has 0 bridgehead atoms. The zero-order chi connectivity index (χ0) is 16.6. The molecule has 1 aromatic rings. The molecule has 1 aromatic carbocycles. The summed E-state index contributed by atoms with van der Waals surface area (Å²) in [5.74, 6) is 1.65. The molecule has 22 heavy (non-hydrogen) atoms. The van der Waals surface area contributed by atoms with E-state index in [1.54, 1.807) is 14.2 Å². The maximum absolute atomic E-state index is 5.42. The van der Waals surface area contributed by atoms with E-state index in [0.29, 0.717) is 13.1 Å². The van der Waals surface area contributed by atoms with Gasteiger partial charge in [0.15, 0.2) is 5.96 Å². The fraction of sp³-hybridized carbons (Fsp3) is 0.588. The molecule has 1 rings (SSSR count). The Morgan fingerprint density at radius 3 is 2.55 bits per heavy atom. The first kappa shape index (κ1) is 18.3. The van der Waals surface area contributed by atoms with Crippen LogP contribution in [0.3, 0.4) is 0 Å². The summed E-state index contributed by atoms with van der Waals surface area (Å²) in [5, 5.41) is 6.54. The van der Waals surface area contributed by atoms with Gasteiger partial charge in [-0.25, -0.2) is 4.99 Å². The van der Waals surface area contributed by atoms with Crippen LogP contribution in [0.25, 0.3) is 0 Å². The van der Waals surface area contributed by atoms with Gasteiger partial charge in [-0.05, 0) is 39.3 Å². The standard InChI is InChI=1S/C17H29N3O2/c1-7-18-16(20-12-17(3,4)22-6)19-11-14-9-8-13(2)10-15(14)21-5/h8-10H,7,11-12H2,1-6H3,(H2,18,19,20). The third-order valence-corrected chi connectivity index (χ3v) is 3.43. The van der Waals surface area contributed by atoms with Gasteiger partial charge in [0.25, 0.3) is 0 Å². The summed E-state index contributed by atoms with van der Waals surface area (Å²) in [6.07, 6.45) is 0. The maximum Gasteiger partial charge on any atom is 0.191 e. The normalized spacial score (nSPS) is 12.2. The lowest BCUT2D eigenvalue weighted by Crippen LogP contribution is -2.45. The molecule has 0 aliphatic rings. The molecule has 0 aliphatic heterocycles. The van der Waals surface area contributed by atoms with Crippen LogP contribution >= 0.6 is 0 Å². The third kappa shape index (κ3) is 5.93. The Morgan fingerprint density at radius 2 is 1.95 bits per heavy atom. The molecule has 0 unspecified atom stereocenters. The highest BCUT2D eigenvalue weighted by molar-refractivity contribution is 5.79. The number of aryl methyl sites for hydroxylation is 1. The van der Waals surface area contributed by atoms with Gasteiger partial charge in [-0.15, -0.1) is 0 Å². The fourth-order valence-electron chi connectivity index (χ4n) is 1.86. The van der Waals surface area contributed by atoms with Crippen molar-refractivity contribution in [2.75, 3.05) is 27.3 Å². The Morgan fingerprint density at radius 1 is 1.23 bits per heavy atom. The molecule has 0 heterocycles. The van der Waals surface area contributed by atoms with Gasteiger partial charge in [0.2, 0.25) is 0 Å². The number of methoxy groups -OCH3 is 2. The molecule has 0 amide bonds. The van der Waals surface area contributed by atoms with E-state index >= 15 is 0 Å². The average molecular weight is 307 g/mol. The zero-order valence-corrected chi connectivity index (χ0v) is 14.6. The van der Waals surface area contributed by atoms with Gasteiger partial charge in [-0.1, -0.05) is 12.1 Å². The van der Waals surface area contributed by atoms with Gasteiger partial charge in [-0.3, -0.25) is 0 Å². The van der Waals surface area contributed by atoms with E-state index < -0.39 is 0 Å². The number of aliphatic imine (C=N–C) groups is 1. The van der Waals surface area contributed by atoms with Crippen molar-refractivity contribution in [1.82, 2.24) is 10.6 Å². The lowest BCUT2D eigenvalue weighted by molar-refractivity contribution is 0.0268. The van der Waals surface area contributed by atoms with Crippen LogP contribution in [0.5, 0.6) is 5.75 Å². The van der Waals surface area contributed by atoms with Crippen LogP contribution < -0.4 is 15.4 Å². The van der Waals surface area contributed by atoms with Crippen molar-refractivity contribution in [1.29, 1.82) is 0 Å². The number of rotatable bonds is 7. The Labute approximate surface area is 134 Å². The van der Waals surface area contributed by atoms with Crippen molar-refractivity contribution in [3.05, 3.63) is 29.3 Å². The van der Waals surface area contributed by atoms with Crippen LogP contribution in [-0.4, -0.2) is 38.9 Å². The number of guanidine groups is 1. The summed E-state index contributed by atoms with van der Waals surface area (Å²) in [6, 6.07) is 6.15. The van der Waals surface area contributed by atoms with Gasteiger partial charge in [0.1, 0.15) is 5.75 Å². The van der Waals surface area contributed by atoms with E-state index in [4.69, 9.17) is 9.47 Å². The second-order valence-electron chi connectivity index (χ2n) is 5.83. The van der Waals surface area contributed by atoms with Gasteiger partial charge in [0.05, 0.1) is 19.3 Å². The van der Waals surface area contributed by atoms with E-state index in [9.17, 15) is 0 Å². The minimum Gasteiger partial charge on any atom is -0.496 e. The number of hydrogen-bond acceptors (Lipinski definition) is 3. The maximum atomic E-state index is 5.42. The highest BCUT2D eigenvalue weighted by atomic mass is 16.5. The quantitative estimate of drug-likeness (QED) is 0.600. The first-order chi connectivity index (χ1) is 10.4. The predicted molar refractivity (Wildman–Crippen MR) is 91.6 cm³/mol. The first-order valence-electron chi connectivity index (χ1n) is 7.62. The lowest BCUT2D eigenvalue weighted by Gasteiger charge is -2.24. The molecule has 0 aromatic heterocycles. The number of nitrogens with one attached hydrogen (secondary N) is 2. The van der Waals surface area contributed by atoms with Crippen molar-refractivity contribution in [3.8, 4) is 5.75 Å². The predicted octanol–water partition coefficient (Wildman–Crippen LogP) is 2.48. The third-order valence-electron chi connectivity index (χ3n) is 3.43. The van der Waals surface area contributed by atoms with Gasteiger partial charge in [0, 0.05) is 25.8 Å². The Kier molecular flexibility index (Phi) is 7.18. The van der Waals surface area contributed by atoms with Crippen LogP contribution in [-0.2, 0) is 11.3 Å². The molecule has 5 heteroatoms. The highest BCUT2D eigenvalue weighted by Crippen LogP contribution is 2.20. The minimum absolute atomic E-state index is 0.238. The average Bonchev–Trinajstić information content (AvgIpc) is 2.50. The smallest absolute Gasteiger partial charge is 0.191 e. The monoisotopic (exact) mass is 307 g/mol. The molecular weight excluding hydrogens is 278 g/mol. The van der Waals surface area contributed by atoms with E-state index in [-0.39, 0.29) is 5.60 Å². The summed E-state index contributed by atoms with van der Waals surface area (Å²) >= 11 is 0. The number of ether oxygens (including phenoxy) is 2. The fourth-order valence-corrected chi connectivity index (χ4v) is 1.86. The zero-order valence-electron chi connectivity index (χ0n) is 14.6. The summed E-state index contributed by atoms with van der Waals surface area (Å²) in [6.45, 7) is 10.2. The minimum atomic E-state index is -0.238. The van der Waals surface area contributed by atoms with E-state index in [1.807, 2.05) is 33.8 Å². The molecule has 0 radical (unpaired) electrons. The molecule has 5 nitrogen and oxygen atoms in total. The van der Waals surface area contributed by atoms with Crippen LogP contribution in [0.2, 0.25) is 0 Å². The Bertz CT molecular complexity index is 499. The lowest BCUT2D eigenvalue weighted by atomic mass is 10.1. The molecule has 0 atom stereocenters. The summed E-state index contributed by atoms with van der Waals surface area (Å²) in [4.78, 5) is 4.62. The number of benzene rings is 1. The van der Waals surface area contributed by atoms with Crippen molar-refractivity contribution in [3.63, 3.8) is 0 Å². The van der Waals surface area contributed by atoms with E-state index in [2.05, 4.69) is 27.8 Å². The van der Waals surface area contributed by atoms with Crippen molar-refractivity contribution >= 4 is 5.96 Å². The van der Waals surface area contributed by atoms with Gasteiger partial charge < -0.3 is 20.1 Å². The largest absolute Gasteiger partial charge is 0.496 e. The van der Waals surface area contributed by atoms with Gasteiger partial charge in [-0.2, -0.15) is 0 Å².